The lowest BCUT2D eigenvalue weighted by molar-refractivity contribution is 0.670. The van der Waals surface area contributed by atoms with Crippen molar-refractivity contribution in [2.75, 3.05) is 4.90 Å². The van der Waals surface area contributed by atoms with Crippen LogP contribution in [0.4, 0.5) is 17.1 Å². The lowest BCUT2D eigenvalue weighted by Crippen LogP contribution is -2.11. The van der Waals surface area contributed by atoms with Crippen LogP contribution in [-0.4, -0.2) is 0 Å². The molecule has 0 bridgehead atoms. The summed E-state index contributed by atoms with van der Waals surface area (Å²) in [5.41, 5.74) is 13.5. The molecule has 10 aromatic carbocycles. The molecule has 0 saturated heterocycles. The molecule has 0 aliphatic rings. The molecule has 276 valence electrons. The maximum atomic E-state index is 6.68. The van der Waals surface area contributed by atoms with E-state index in [2.05, 4.69) is 205 Å². The Hall–Kier alpha value is -7.88. The normalized spacial score (nSPS) is 11.7. The van der Waals surface area contributed by atoms with E-state index in [9.17, 15) is 0 Å². The molecule has 2 aromatic heterocycles. The second-order valence-corrected chi connectivity index (χ2v) is 15.2. The van der Waals surface area contributed by atoms with Crippen molar-refractivity contribution >= 4 is 82.5 Å². The second kappa shape index (κ2) is 13.4. The quantitative estimate of drug-likeness (QED) is 0.169. The Morgan fingerprint density at radius 3 is 1.85 bits per heavy atom. The fraction of sp³-hybridized carbons (Fsp3) is 0. The first-order chi connectivity index (χ1) is 29.2. The number of anilines is 3. The van der Waals surface area contributed by atoms with Crippen LogP contribution >= 0.6 is 0 Å². The molecule has 3 heteroatoms. The summed E-state index contributed by atoms with van der Waals surface area (Å²) in [7, 11) is 0. The van der Waals surface area contributed by atoms with Gasteiger partial charge in [0.1, 0.15) is 22.3 Å². The molecule has 0 N–H and O–H groups in total. The highest BCUT2D eigenvalue weighted by Gasteiger charge is 2.22. The van der Waals surface area contributed by atoms with Crippen LogP contribution in [0.25, 0.3) is 98.8 Å². The minimum Gasteiger partial charge on any atom is -0.455 e. The third kappa shape index (κ3) is 5.44. The number of rotatable bonds is 6. The maximum Gasteiger partial charge on any atom is 0.143 e. The molecule has 0 fully saturated rings. The van der Waals surface area contributed by atoms with E-state index < -0.39 is 0 Å². The van der Waals surface area contributed by atoms with Gasteiger partial charge in [0.25, 0.3) is 0 Å². The molecule has 0 radical (unpaired) electrons. The van der Waals surface area contributed by atoms with Crippen LogP contribution in [0, 0.1) is 0 Å². The van der Waals surface area contributed by atoms with Crippen LogP contribution in [0.1, 0.15) is 0 Å². The summed E-state index contributed by atoms with van der Waals surface area (Å²) in [6.45, 7) is 0. The Labute approximate surface area is 340 Å². The van der Waals surface area contributed by atoms with Gasteiger partial charge in [0, 0.05) is 49.4 Å². The van der Waals surface area contributed by atoms with Crippen LogP contribution in [0.15, 0.2) is 221 Å². The van der Waals surface area contributed by atoms with Crippen molar-refractivity contribution in [2.24, 2.45) is 0 Å². The van der Waals surface area contributed by atoms with E-state index in [0.717, 1.165) is 94.1 Å². The van der Waals surface area contributed by atoms with E-state index in [1.165, 1.54) is 21.7 Å². The van der Waals surface area contributed by atoms with Gasteiger partial charge in [-0.1, -0.05) is 158 Å². The Morgan fingerprint density at radius 1 is 0.305 bits per heavy atom. The van der Waals surface area contributed by atoms with Gasteiger partial charge in [0.15, 0.2) is 0 Å². The fourth-order valence-corrected chi connectivity index (χ4v) is 9.06. The summed E-state index contributed by atoms with van der Waals surface area (Å²) in [4.78, 5) is 2.39. The average molecular weight is 754 g/mol. The highest BCUT2D eigenvalue weighted by molar-refractivity contribution is 6.20. The minimum absolute atomic E-state index is 0.873. The molecular weight excluding hydrogens is 719 g/mol. The van der Waals surface area contributed by atoms with Crippen molar-refractivity contribution in [3.63, 3.8) is 0 Å². The van der Waals surface area contributed by atoms with E-state index in [4.69, 9.17) is 8.83 Å². The SMILES string of the molecule is c1cc(-c2ccc3ccccc3c2)cc(N(c2ccc(-c3cccc4c3oc3ccccc34)cc2)c2ccccc2-c2cccc3oc4c5ccccc5ccc4c23)c1. The molecule has 0 amide bonds. The molecule has 12 rings (SSSR count). The van der Waals surface area contributed by atoms with Gasteiger partial charge < -0.3 is 13.7 Å². The first-order valence-corrected chi connectivity index (χ1v) is 20.1. The monoisotopic (exact) mass is 753 g/mol. The summed E-state index contributed by atoms with van der Waals surface area (Å²) in [6, 6.07) is 75.8. The van der Waals surface area contributed by atoms with Gasteiger partial charge in [-0.2, -0.15) is 0 Å². The Bertz CT molecular complexity index is 3570. The number of hydrogen-bond acceptors (Lipinski definition) is 3. The number of benzene rings is 10. The van der Waals surface area contributed by atoms with Crippen LogP contribution in [0.2, 0.25) is 0 Å². The third-order valence-corrected chi connectivity index (χ3v) is 11.9. The molecule has 0 saturated carbocycles. The molecule has 3 nitrogen and oxygen atoms in total. The largest absolute Gasteiger partial charge is 0.455 e. The molecule has 0 aliphatic carbocycles. The Kier molecular flexibility index (Phi) is 7.54. The molecule has 12 aromatic rings. The van der Waals surface area contributed by atoms with Gasteiger partial charge in [-0.3, -0.25) is 0 Å². The van der Waals surface area contributed by atoms with Crippen molar-refractivity contribution in [2.45, 2.75) is 0 Å². The van der Waals surface area contributed by atoms with E-state index in [-0.39, 0.29) is 0 Å². The lowest BCUT2D eigenvalue weighted by atomic mass is 9.95. The first-order valence-electron chi connectivity index (χ1n) is 20.1. The second-order valence-electron chi connectivity index (χ2n) is 15.2. The van der Waals surface area contributed by atoms with Gasteiger partial charge in [-0.15, -0.1) is 0 Å². The van der Waals surface area contributed by atoms with Gasteiger partial charge in [-0.05, 0) is 93.0 Å². The van der Waals surface area contributed by atoms with Crippen molar-refractivity contribution in [1.29, 1.82) is 0 Å². The summed E-state index contributed by atoms with van der Waals surface area (Å²) >= 11 is 0. The molecule has 59 heavy (non-hydrogen) atoms. The highest BCUT2D eigenvalue weighted by atomic mass is 16.3. The van der Waals surface area contributed by atoms with Gasteiger partial charge in [0.05, 0.1) is 5.69 Å². The zero-order chi connectivity index (χ0) is 38.9. The van der Waals surface area contributed by atoms with Gasteiger partial charge >= 0.3 is 0 Å². The predicted molar refractivity (Wildman–Crippen MR) is 247 cm³/mol. The number of fused-ring (bicyclic) bond motifs is 9. The van der Waals surface area contributed by atoms with Crippen molar-refractivity contribution < 1.29 is 8.83 Å². The zero-order valence-electron chi connectivity index (χ0n) is 32.0. The van der Waals surface area contributed by atoms with E-state index >= 15 is 0 Å². The molecule has 0 atom stereocenters. The fourth-order valence-electron chi connectivity index (χ4n) is 9.06. The number of hydrogen-bond donors (Lipinski definition) is 0. The van der Waals surface area contributed by atoms with Gasteiger partial charge in [-0.25, -0.2) is 0 Å². The average Bonchev–Trinajstić information content (AvgIpc) is 3.89. The van der Waals surface area contributed by atoms with E-state index in [0.29, 0.717) is 0 Å². The highest BCUT2D eigenvalue weighted by Crippen LogP contribution is 2.47. The molecule has 0 spiro atoms. The van der Waals surface area contributed by atoms with Crippen molar-refractivity contribution in [3.05, 3.63) is 212 Å². The number of nitrogens with zero attached hydrogens (tertiary/aromatic N) is 1. The molecule has 2 heterocycles. The summed E-state index contributed by atoms with van der Waals surface area (Å²) < 4.78 is 13.1. The van der Waals surface area contributed by atoms with Crippen molar-refractivity contribution in [1.82, 2.24) is 0 Å². The third-order valence-electron chi connectivity index (χ3n) is 11.9. The summed E-state index contributed by atoms with van der Waals surface area (Å²) in [6.07, 6.45) is 0. The molecule has 0 aliphatic heterocycles. The molecule has 0 unspecified atom stereocenters. The Balaban J connectivity index is 1.05. The van der Waals surface area contributed by atoms with Crippen molar-refractivity contribution in [3.8, 4) is 33.4 Å². The lowest BCUT2D eigenvalue weighted by Gasteiger charge is -2.28. The standard InChI is InChI=1S/C56H35NO2/c1-2-14-39-34-41(27-26-36(39)12-1)40-15-9-16-43(35-40)57(42-31-28-38(29-32-42)45-20-10-22-49-47-19-6-8-24-52(47)58-55(45)49)51-23-7-5-18-46(51)48-21-11-25-53-54(48)50-33-30-37-13-3-4-17-44(37)56(50)59-53/h1-35H. The van der Waals surface area contributed by atoms with E-state index in [1.807, 2.05) is 12.1 Å². The van der Waals surface area contributed by atoms with Crippen LogP contribution in [0.5, 0.6) is 0 Å². The molecular formula is C56H35NO2. The number of para-hydroxylation sites is 3. The van der Waals surface area contributed by atoms with Gasteiger partial charge in [0.2, 0.25) is 0 Å². The minimum atomic E-state index is 0.873. The Morgan fingerprint density at radius 2 is 0.932 bits per heavy atom. The van der Waals surface area contributed by atoms with E-state index in [1.54, 1.807) is 0 Å². The smallest absolute Gasteiger partial charge is 0.143 e. The van der Waals surface area contributed by atoms with Crippen LogP contribution < -0.4 is 4.90 Å². The van der Waals surface area contributed by atoms with Crippen LogP contribution in [0.3, 0.4) is 0 Å². The maximum absolute atomic E-state index is 6.68. The first kappa shape index (κ1) is 33.3. The number of furan rings is 2. The topological polar surface area (TPSA) is 29.5 Å². The predicted octanol–water partition coefficient (Wildman–Crippen LogP) is 16.3. The summed E-state index contributed by atoms with van der Waals surface area (Å²) in [5, 5.41) is 9.21. The summed E-state index contributed by atoms with van der Waals surface area (Å²) in [5.74, 6) is 0. The zero-order valence-corrected chi connectivity index (χ0v) is 32.0. The van der Waals surface area contributed by atoms with Crippen LogP contribution in [-0.2, 0) is 0 Å².